The SMILES string of the molecule is O=C(NC(CO)C1CC1)C1CC(c2c(-c3ccc(F)cc3)[nH]c3c(F)cc(F)cc23)C1. The quantitative estimate of drug-likeness (QED) is 0.536. The zero-order valence-corrected chi connectivity index (χ0v) is 16.8. The number of carbonyl (C=O) groups excluding carboxylic acids is 1. The first kappa shape index (κ1) is 20.1. The largest absolute Gasteiger partial charge is 0.394 e. The number of nitrogens with one attached hydrogen (secondary N) is 2. The minimum atomic E-state index is -0.687. The Labute approximate surface area is 177 Å². The van der Waals surface area contributed by atoms with Gasteiger partial charge in [-0.15, -0.1) is 0 Å². The lowest BCUT2D eigenvalue weighted by Gasteiger charge is -2.36. The third-order valence-corrected chi connectivity index (χ3v) is 6.63. The van der Waals surface area contributed by atoms with E-state index in [0.717, 1.165) is 24.5 Å². The fraction of sp³-hybridized carbons (Fsp3) is 0.375. The number of H-pyrrole nitrogens is 1. The van der Waals surface area contributed by atoms with Crippen LogP contribution in [0.4, 0.5) is 13.2 Å². The van der Waals surface area contributed by atoms with Crippen LogP contribution >= 0.6 is 0 Å². The molecule has 0 spiro atoms. The number of fused-ring (bicyclic) bond motifs is 1. The Balaban J connectivity index is 1.44. The summed E-state index contributed by atoms with van der Waals surface area (Å²) < 4.78 is 41.9. The number of aliphatic hydroxyl groups is 1. The Bertz CT molecular complexity index is 1130. The van der Waals surface area contributed by atoms with Crippen LogP contribution in [0, 0.1) is 29.3 Å². The molecule has 162 valence electrons. The Kier molecular flexibility index (Phi) is 5.01. The molecule has 3 N–H and O–H groups in total. The van der Waals surface area contributed by atoms with Gasteiger partial charge in [-0.25, -0.2) is 13.2 Å². The summed E-state index contributed by atoms with van der Waals surface area (Å²) >= 11 is 0. The average molecular weight is 428 g/mol. The molecular weight excluding hydrogens is 405 g/mol. The van der Waals surface area contributed by atoms with Gasteiger partial charge >= 0.3 is 0 Å². The zero-order valence-electron chi connectivity index (χ0n) is 16.8. The predicted molar refractivity (Wildman–Crippen MR) is 111 cm³/mol. The van der Waals surface area contributed by atoms with Crippen LogP contribution in [0.15, 0.2) is 36.4 Å². The van der Waals surface area contributed by atoms with Crippen LogP contribution in [0.2, 0.25) is 0 Å². The topological polar surface area (TPSA) is 65.1 Å². The van der Waals surface area contributed by atoms with Crippen LogP contribution < -0.4 is 5.32 Å². The summed E-state index contributed by atoms with van der Waals surface area (Å²) in [4.78, 5) is 15.7. The molecule has 0 bridgehead atoms. The van der Waals surface area contributed by atoms with E-state index in [0.29, 0.717) is 35.4 Å². The normalized spacial score (nSPS) is 21.7. The maximum absolute atomic E-state index is 14.5. The number of benzene rings is 2. The van der Waals surface area contributed by atoms with Crippen molar-refractivity contribution in [2.24, 2.45) is 11.8 Å². The molecular formula is C24H23F3N2O2. The molecule has 1 unspecified atom stereocenters. The maximum atomic E-state index is 14.5. The van der Waals surface area contributed by atoms with Gasteiger partial charge in [0.15, 0.2) is 0 Å². The zero-order chi connectivity index (χ0) is 21.7. The summed E-state index contributed by atoms with van der Waals surface area (Å²) in [6.07, 6.45) is 3.14. The Morgan fingerprint density at radius 3 is 2.45 bits per heavy atom. The summed E-state index contributed by atoms with van der Waals surface area (Å²) in [6.45, 7) is -0.0672. The molecule has 4 nitrogen and oxygen atoms in total. The molecule has 2 saturated carbocycles. The van der Waals surface area contributed by atoms with Crippen LogP contribution in [-0.2, 0) is 4.79 Å². The minimum Gasteiger partial charge on any atom is -0.394 e. The van der Waals surface area contributed by atoms with Crippen molar-refractivity contribution in [1.29, 1.82) is 0 Å². The number of aromatic amines is 1. The van der Waals surface area contributed by atoms with Crippen LogP contribution in [0.3, 0.4) is 0 Å². The van der Waals surface area contributed by atoms with Crippen molar-refractivity contribution in [2.45, 2.75) is 37.6 Å². The number of carbonyl (C=O) groups is 1. The lowest BCUT2D eigenvalue weighted by Crippen LogP contribution is -2.45. The molecule has 0 radical (unpaired) electrons. The van der Waals surface area contributed by atoms with E-state index in [1.165, 1.54) is 18.2 Å². The van der Waals surface area contributed by atoms with Crippen molar-refractivity contribution in [1.82, 2.24) is 10.3 Å². The average Bonchev–Trinajstić information content (AvgIpc) is 3.48. The molecule has 0 aliphatic heterocycles. The Morgan fingerprint density at radius 2 is 1.81 bits per heavy atom. The standard InChI is InChI=1S/C24H23F3N2O2/c25-16-5-3-13(4-6-16)22-21(18-9-17(26)10-19(27)23(18)29-22)14-7-15(8-14)24(31)28-20(11-30)12-1-2-12/h3-6,9-10,12,14-15,20,29-30H,1-2,7-8,11H2,(H,28,31). The molecule has 2 aliphatic carbocycles. The summed E-state index contributed by atoms with van der Waals surface area (Å²) in [7, 11) is 0. The van der Waals surface area contributed by atoms with Gasteiger partial charge in [0.05, 0.1) is 23.9 Å². The number of halogens is 3. The highest BCUT2D eigenvalue weighted by molar-refractivity contribution is 5.92. The molecule has 0 saturated heterocycles. The van der Waals surface area contributed by atoms with Crippen LogP contribution in [-0.4, -0.2) is 28.6 Å². The number of hydrogen-bond acceptors (Lipinski definition) is 2. The van der Waals surface area contributed by atoms with Crippen molar-refractivity contribution in [3.63, 3.8) is 0 Å². The van der Waals surface area contributed by atoms with Crippen molar-refractivity contribution in [2.75, 3.05) is 6.61 Å². The Hall–Kier alpha value is -2.80. The second-order valence-corrected chi connectivity index (χ2v) is 8.73. The molecule has 1 heterocycles. The van der Waals surface area contributed by atoms with E-state index in [9.17, 15) is 23.1 Å². The second-order valence-electron chi connectivity index (χ2n) is 8.73. The van der Waals surface area contributed by atoms with Gasteiger partial charge in [0.25, 0.3) is 0 Å². The van der Waals surface area contributed by atoms with E-state index in [-0.39, 0.29) is 41.7 Å². The number of hydrogen-bond donors (Lipinski definition) is 3. The fourth-order valence-corrected chi connectivity index (χ4v) is 4.69. The van der Waals surface area contributed by atoms with Crippen LogP contribution in [0.1, 0.15) is 37.2 Å². The molecule has 7 heteroatoms. The molecule has 1 amide bonds. The van der Waals surface area contributed by atoms with E-state index < -0.39 is 11.6 Å². The van der Waals surface area contributed by atoms with Gasteiger partial charge in [-0.2, -0.15) is 0 Å². The third kappa shape index (κ3) is 3.71. The highest BCUT2D eigenvalue weighted by Gasteiger charge is 2.40. The monoisotopic (exact) mass is 428 g/mol. The van der Waals surface area contributed by atoms with Crippen molar-refractivity contribution >= 4 is 16.8 Å². The first-order valence-corrected chi connectivity index (χ1v) is 10.6. The first-order chi connectivity index (χ1) is 14.9. The van der Waals surface area contributed by atoms with Gasteiger partial charge in [0, 0.05) is 17.4 Å². The first-order valence-electron chi connectivity index (χ1n) is 10.6. The van der Waals surface area contributed by atoms with Gasteiger partial charge in [-0.1, -0.05) is 0 Å². The van der Waals surface area contributed by atoms with E-state index in [4.69, 9.17) is 0 Å². The third-order valence-electron chi connectivity index (χ3n) is 6.63. The fourth-order valence-electron chi connectivity index (χ4n) is 4.69. The van der Waals surface area contributed by atoms with E-state index in [1.54, 1.807) is 12.1 Å². The van der Waals surface area contributed by atoms with Gasteiger partial charge in [0.1, 0.15) is 17.5 Å². The highest BCUT2D eigenvalue weighted by atomic mass is 19.1. The molecule has 2 aromatic carbocycles. The number of aromatic nitrogens is 1. The van der Waals surface area contributed by atoms with E-state index >= 15 is 0 Å². The predicted octanol–water partition coefficient (Wildman–Crippen LogP) is 4.63. The highest BCUT2D eigenvalue weighted by Crippen LogP contribution is 2.48. The maximum Gasteiger partial charge on any atom is 0.223 e. The van der Waals surface area contributed by atoms with Crippen molar-refractivity contribution in [3.8, 4) is 11.3 Å². The number of rotatable bonds is 6. The van der Waals surface area contributed by atoms with Crippen LogP contribution in [0.25, 0.3) is 22.2 Å². The molecule has 2 fully saturated rings. The molecule has 1 aromatic heterocycles. The summed E-state index contributed by atoms with van der Waals surface area (Å²) in [5.41, 5.74) is 2.26. The van der Waals surface area contributed by atoms with Crippen molar-refractivity contribution in [3.05, 3.63) is 59.4 Å². The number of aliphatic hydroxyl groups excluding tert-OH is 1. The summed E-state index contributed by atoms with van der Waals surface area (Å²) in [6, 6.07) is 7.79. The van der Waals surface area contributed by atoms with E-state index in [2.05, 4.69) is 10.3 Å². The second kappa shape index (κ2) is 7.71. The van der Waals surface area contributed by atoms with Gasteiger partial charge in [-0.05, 0) is 79.0 Å². The molecule has 2 aliphatic rings. The molecule has 3 aromatic rings. The molecule has 1 atom stereocenters. The summed E-state index contributed by atoms with van der Waals surface area (Å²) in [5, 5.41) is 12.9. The lowest BCUT2D eigenvalue weighted by molar-refractivity contribution is -0.129. The molecule has 31 heavy (non-hydrogen) atoms. The smallest absolute Gasteiger partial charge is 0.223 e. The molecule has 5 rings (SSSR count). The number of amides is 1. The van der Waals surface area contributed by atoms with Crippen LogP contribution in [0.5, 0.6) is 0 Å². The van der Waals surface area contributed by atoms with Gasteiger partial charge < -0.3 is 15.4 Å². The summed E-state index contributed by atoms with van der Waals surface area (Å²) in [5.74, 6) is -1.72. The van der Waals surface area contributed by atoms with Gasteiger partial charge in [0.2, 0.25) is 5.91 Å². The van der Waals surface area contributed by atoms with E-state index in [1.807, 2.05) is 0 Å². The van der Waals surface area contributed by atoms with Crippen molar-refractivity contribution < 1.29 is 23.1 Å². The lowest BCUT2D eigenvalue weighted by atomic mass is 9.69. The minimum absolute atomic E-state index is 0.0562. The Morgan fingerprint density at radius 1 is 1.10 bits per heavy atom. The van der Waals surface area contributed by atoms with Gasteiger partial charge in [-0.3, -0.25) is 4.79 Å².